The Labute approximate surface area is 165 Å². The molecule has 7 nitrogen and oxygen atoms in total. The fraction of sp³-hybridized carbons (Fsp3) is 0.300. The van der Waals surface area contributed by atoms with Gasteiger partial charge in [-0.1, -0.05) is 24.3 Å². The molecule has 1 saturated heterocycles. The van der Waals surface area contributed by atoms with Crippen LogP contribution >= 0.6 is 0 Å². The molecule has 4 rings (SSSR count). The molecule has 1 N–H and O–H groups in total. The van der Waals surface area contributed by atoms with E-state index < -0.39 is 24.1 Å². The first-order valence-corrected chi connectivity index (χ1v) is 8.95. The first kappa shape index (κ1) is 19.0. The molecule has 2 aromatic rings. The number of carbonyl (C=O) groups is 2. The lowest BCUT2D eigenvalue weighted by atomic mass is 9.91. The van der Waals surface area contributed by atoms with Gasteiger partial charge in [0.1, 0.15) is 24.5 Å². The van der Waals surface area contributed by atoms with Crippen LogP contribution in [0.15, 0.2) is 42.5 Å². The van der Waals surface area contributed by atoms with E-state index in [0.29, 0.717) is 35.8 Å². The largest absolute Gasteiger partial charge is 0.486 e. The Hall–Kier alpha value is -3.36. The number of urea groups is 1. The molecule has 0 aromatic heterocycles. The Morgan fingerprint density at radius 3 is 2.62 bits per heavy atom. The smallest absolute Gasteiger partial charge is 0.387 e. The number of ether oxygens (including phenoxy) is 3. The second kappa shape index (κ2) is 7.23. The standard InChI is InChI=1S/C20H18F2N2O5/c1-20(13-6-7-15-16(10-13)28-9-8-27-15)17(25)24(19(26)23-20)11-12-4-2-3-5-14(12)29-18(21)22/h2-7,10,18H,8-9,11H2,1H3,(H,23,26). The zero-order valence-electron chi connectivity index (χ0n) is 15.5. The molecule has 1 fully saturated rings. The molecule has 2 heterocycles. The number of carbonyl (C=O) groups excluding carboxylic acids is 2. The molecule has 2 aliphatic rings. The van der Waals surface area contributed by atoms with Crippen molar-refractivity contribution < 1.29 is 32.6 Å². The number of rotatable bonds is 5. The highest BCUT2D eigenvalue weighted by Crippen LogP contribution is 2.37. The normalized spacial score (nSPS) is 20.8. The van der Waals surface area contributed by atoms with Crippen molar-refractivity contribution in [3.63, 3.8) is 0 Å². The summed E-state index contributed by atoms with van der Waals surface area (Å²) in [5.74, 6) is 0.462. The number of nitrogens with zero attached hydrogens (tertiary/aromatic N) is 1. The summed E-state index contributed by atoms with van der Waals surface area (Å²) in [6.45, 7) is -0.802. The Bertz CT molecular complexity index is 968. The predicted octanol–water partition coefficient (Wildman–Crippen LogP) is 3.03. The molecular weight excluding hydrogens is 386 g/mol. The van der Waals surface area contributed by atoms with Crippen LogP contribution in [0.2, 0.25) is 0 Å². The fourth-order valence-electron chi connectivity index (χ4n) is 3.41. The van der Waals surface area contributed by atoms with Crippen LogP contribution < -0.4 is 19.5 Å². The number of benzene rings is 2. The molecular formula is C20H18F2N2O5. The van der Waals surface area contributed by atoms with Gasteiger partial charge in [0.2, 0.25) is 0 Å². The van der Waals surface area contributed by atoms with E-state index in [4.69, 9.17) is 9.47 Å². The van der Waals surface area contributed by atoms with E-state index in [9.17, 15) is 18.4 Å². The molecule has 0 aliphatic carbocycles. The number of hydrogen-bond donors (Lipinski definition) is 1. The minimum Gasteiger partial charge on any atom is -0.486 e. The number of hydrogen-bond acceptors (Lipinski definition) is 5. The number of fused-ring (bicyclic) bond motifs is 1. The maximum atomic E-state index is 13.1. The highest BCUT2D eigenvalue weighted by atomic mass is 19.3. The summed E-state index contributed by atoms with van der Waals surface area (Å²) in [4.78, 5) is 26.7. The monoisotopic (exact) mass is 404 g/mol. The topological polar surface area (TPSA) is 77.1 Å². The average molecular weight is 404 g/mol. The number of alkyl halides is 2. The van der Waals surface area contributed by atoms with Crippen LogP contribution in [0.25, 0.3) is 0 Å². The van der Waals surface area contributed by atoms with Gasteiger partial charge in [-0.3, -0.25) is 9.69 Å². The van der Waals surface area contributed by atoms with Crippen molar-refractivity contribution in [2.24, 2.45) is 0 Å². The van der Waals surface area contributed by atoms with E-state index in [1.807, 2.05) is 0 Å². The highest BCUT2D eigenvalue weighted by Gasteiger charge is 2.49. The molecule has 0 saturated carbocycles. The van der Waals surface area contributed by atoms with Gasteiger partial charge in [-0.25, -0.2) is 4.79 Å². The van der Waals surface area contributed by atoms with Gasteiger partial charge in [0, 0.05) is 5.56 Å². The van der Waals surface area contributed by atoms with E-state index in [2.05, 4.69) is 10.1 Å². The minimum atomic E-state index is -3.01. The number of amides is 3. The minimum absolute atomic E-state index is 0.0870. The van der Waals surface area contributed by atoms with Gasteiger partial charge in [0.15, 0.2) is 11.5 Å². The van der Waals surface area contributed by atoms with Crippen LogP contribution in [0, 0.1) is 0 Å². The first-order chi connectivity index (χ1) is 13.9. The van der Waals surface area contributed by atoms with Crippen molar-refractivity contribution in [2.45, 2.75) is 25.6 Å². The van der Waals surface area contributed by atoms with E-state index >= 15 is 0 Å². The zero-order valence-corrected chi connectivity index (χ0v) is 15.5. The summed E-state index contributed by atoms with van der Waals surface area (Å²) in [6, 6.07) is 10.4. The van der Waals surface area contributed by atoms with E-state index in [0.717, 1.165) is 4.90 Å². The van der Waals surface area contributed by atoms with E-state index in [-0.39, 0.29) is 12.3 Å². The molecule has 29 heavy (non-hydrogen) atoms. The lowest BCUT2D eigenvalue weighted by Crippen LogP contribution is -2.41. The average Bonchev–Trinajstić information content (AvgIpc) is 2.92. The summed E-state index contributed by atoms with van der Waals surface area (Å²) >= 11 is 0. The number of nitrogens with one attached hydrogen (secondary N) is 1. The summed E-state index contributed by atoms with van der Waals surface area (Å²) in [5, 5.41) is 2.69. The number of halogens is 2. The first-order valence-electron chi connectivity index (χ1n) is 8.95. The number of para-hydroxylation sites is 1. The molecule has 0 bridgehead atoms. The molecule has 9 heteroatoms. The van der Waals surface area contributed by atoms with Gasteiger partial charge >= 0.3 is 12.6 Å². The van der Waals surface area contributed by atoms with Gasteiger partial charge in [-0.05, 0) is 30.7 Å². The second-order valence-corrected chi connectivity index (χ2v) is 6.79. The van der Waals surface area contributed by atoms with Crippen LogP contribution in [0.5, 0.6) is 17.2 Å². The molecule has 152 valence electrons. The Kier molecular flexibility index (Phi) is 4.73. The third-order valence-corrected chi connectivity index (χ3v) is 4.91. The van der Waals surface area contributed by atoms with Crippen LogP contribution in [-0.2, 0) is 16.9 Å². The molecule has 2 aromatic carbocycles. The summed E-state index contributed by atoms with van der Waals surface area (Å²) in [5.41, 5.74) is -0.506. The third-order valence-electron chi connectivity index (χ3n) is 4.91. The molecule has 2 aliphatic heterocycles. The molecule has 1 atom stereocenters. The van der Waals surface area contributed by atoms with Crippen molar-refractivity contribution in [3.8, 4) is 17.2 Å². The van der Waals surface area contributed by atoms with Crippen molar-refractivity contribution >= 4 is 11.9 Å². The maximum absolute atomic E-state index is 13.1. The zero-order chi connectivity index (χ0) is 20.6. The maximum Gasteiger partial charge on any atom is 0.387 e. The Balaban J connectivity index is 1.61. The van der Waals surface area contributed by atoms with Gasteiger partial charge in [0.05, 0.1) is 6.54 Å². The van der Waals surface area contributed by atoms with Gasteiger partial charge in [0.25, 0.3) is 5.91 Å². The van der Waals surface area contributed by atoms with Crippen LogP contribution in [-0.4, -0.2) is 36.7 Å². The molecule has 1 unspecified atom stereocenters. The van der Waals surface area contributed by atoms with E-state index in [1.54, 1.807) is 31.2 Å². The third kappa shape index (κ3) is 3.43. The summed E-state index contributed by atoms with van der Waals surface area (Å²) in [7, 11) is 0. The predicted molar refractivity (Wildman–Crippen MR) is 96.9 cm³/mol. The Morgan fingerprint density at radius 2 is 1.86 bits per heavy atom. The summed E-state index contributed by atoms with van der Waals surface area (Å²) in [6.07, 6.45) is 0. The van der Waals surface area contributed by atoms with Crippen LogP contribution in [0.3, 0.4) is 0 Å². The van der Waals surface area contributed by atoms with Crippen molar-refractivity contribution in [1.29, 1.82) is 0 Å². The SMILES string of the molecule is CC1(c2ccc3c(c2)OCCO3)NC(=O)N(Cc2ccccc2OC(F)F)C1=O. The van der Waals surface area contributed by atoms with Crippen LogP contribution in [0.1, 0.15) is 18.1 Å². The van der Waals surface area contributed by atoms with Crippen molar-refractivity contribution in [1.82, 2.24) is 10.2 Å². The highest BCUT2D eigenvalue weighted by molar-refractivity contribution is 6.07. The molecule has 0 radical (unpaired) electrons. The second-order valence-electron chi connectivity index (χ2n) is 6.79. The lowest BCUT2D eigenvalue weighted by molar-refractivity contribution is -0.131. The van der Waals surface area contributed by atoms with Crippen molar-refractivity contribution in [2.75, 3.05) is 13.2 Å². The van der Waals surface area contributed by atoms with Gasteiger partial charge in [-0.15, -0.1) is 0 Å². The number of imide groups is 1. The molecule has 0 spiro atoms. The van der Waals surface area contributed by atoms with Crippen molar-refractivity contribution in [3.05, 3.63) is 53.6 Å². The van der Waals surface area contributed by atoms with Gasteiger partial charge in [-0.2, -0.15) is 8.78 Å². The van der Waals surface area contributed by atoms with Gasteiger partial charge < -0.3 is 19.5 Å². The quantitative estimate of drug-likeness (QED) is 0.776. The van der Waals surface area contributed by atoms with E-state index in [1.165, 1.54) is 18.2 Å². The molecule has 3 amide bonds. The lowest BCUT2D eigenvalue weighted by Gasteiger charge is -2.25. The fourth-order valence-corrected chi connectivity index (χ4v) is 3.41. The van der Waals surface area contributed by atoms with Crippen LogP contribution in [0.4, 0.5) is 13.6 Å². The summed E-state index contributed by atoms with van der Waals surface area (Å²) < 4.78 is 40.8. The Morgan fingerprint density at radius 1 is 1.14 bits per heavy atom.